The fraction of sp³-hybridized carbons (Fsp3) is 0.889. The molecule has 2 heterocycles. The number of nitrogens with zero attached hydrogens (tertiary/aromatic N) is 2. The number of hydrogen-bond acceptors (Lipinski definition) is 3. The molecule has 0 radical (unpaired) electrons. The van der Waals surface area contributed by atoms with Gasteiger partial charge in [0.2, 0.25) is 0 Å². The van der Waals surface area contributed by atoms with E-state index in [1.165, 1.54) is 0 Å². The van der Waals surface area contributed by atoms with E-state index in [2.05, 4.69) is 20.8 Å². The summed E-state index contributed by atoms with van der Waals surface area (Å²) >= 11 is 0. The van der Waals surface area contributed by atoms with E-state index in [1.807, 2.05) is 18.7 Å². The summed E-state index contributed by atoms with van der Waals surface area (Å²) in [4.78, 5) is 29.1. The van der Waals surface area contributed by atoms with Crippen molar-refractivity contribution in [1.82, 2.24) is 9.80 Å². The van der Waals surface area contributed by atoms with Crippen molar-refractivity contribution >= 4 is 11.8 Å². The van der Waals surface area contributed by atoms with Gasteiger partial charge < -0.3 is 14.5 Å². The SMILES string of the molecule is CC1CN(C(=O)C(=O)N2CC3(C)CC2CC(C)(C)C3)CC(C)O1. The number of carbonyl (C=O) groups is 2. The molecule has 0 aromatic rings. The van der Waals surface area contributed by atoms with E-state index in [1.54, 1.807) is 4.90 Å². The summed E-state index contributed by atoms with van der Waals surface area (Å²) < 4.78 is 5.67. The van der Waals surface area contributed by atoms with E-state index in [-0.39, 0.29) is 40.9 Å². The first-order chi connectivity index (χ1) is 10.6. The average molecular weight is 322 g/mol. The van der Waals surface area contributed by atoms with Crippen LogP contribution in [0.15, 0.2) is 0 Å². The minimum atomic E-state index is -0.346. The number of rotatable bonds is 0. The molecular formula is C18H30N2O3. The van der Waals surface area contributed by atoms with Crippen LogP contribution in [0, 0.1) is 10.8 Å². The summed E-state index contributed by atoms with van der Waals surface area (Å²) in [5, 5.41) is 0. The highest BCUT2D eigenvalue weighted by Gasteiger charge is 2.52. The van der Waals surface area contributed by atoms with Gasteiger partial charge in [0, 0.05) is 25.7 Å². The Labute approximate surface area is 139 Å². The molecule has 3 fully saturated rings. The third-order valence-corrected chi connectivity index (χ3v) is 5.57. The van der Waals surface area contributed by atoms with Crippen LogP contribution in [0.3, 0.4) is 0 Å². The number of likely N-dealkylation sites (tertiary alicyclic amines) is 1. The minimum absolute atomic E-state index is 0.00948. The van der Waals surface area contributed by atoms with Gasteiger partial charge in [-0.1, -0.05) is 20.8 Å². The molecule has 2 amide bonds. The van der Waals surface area contributed by atoms with Gasteiger partial charge in [0.1, 0.15) is 0 Å². The Morgan fingerprint density at radius 2 is 1.61 bits per heavy atom. The van der Waals surface area contributed by atoms with Crippen molar-refractivity contribution in [2.24, 2.45) is 10.8 Å². The lowest BCUT2D eigenvalue weighted by atomic mass is 9.65. The lowest BCUT2D eigenvalue weighted by Gasteiger charge is -2.39. The van der Waals surface area contributed by atoms with Gasteiger partial charge in [0.15, 0.2) is 0 Å². The minimum Gasteiger partial charge on any atom is -0.372 e. The predicted octanol–water partition coefficient (Wildman–Crippen LogP) is 2.05. The van der Waals surface area contributed by atoms with Gasteiger partial charge in [-0.15, -0.1) is 0 Å². The molecule has 5 nitrogen and oxygen atoms in total. The van der Waals surface area contributed by atoms with Crippen LogP contribution in [0.1, 0.15) is 53.9 Å². The molecule has 0 N–H and O–H groups in total. The Bertz CT molecular complexity index is 508. The Hall–Kier alpha value is -1.10. The van der Waals surface area contributed by atoms with E-state index in [0.717, 1.165) is 25.8 Å². The molecule has 1 saturated carbocycles. The summed E-state index contributed by atoms with van der Waals surface area (Å²) in [6.45, 7) is 12.5. The molecule has 2 saturated heterocycles. The number of fused-ring (bicyclic) bond motifs is 2. The standard InChI is InChI=1S/C18H30N2O3/c1-12-8-19(9-13(2)23-12)15(21)16(22)20-11-18(5)7-14(20)6-17(3,4)10-18/h12-14H,6-11H2,1-5H3. The highest BCUT2D eigenvalue weighted by molar-refractivity contribution is 6.35. The second-order valence-corrected chi connectivity index (χ2v) is 9.11. The van der Waals surface area contributed by atoms with Crippen molar-refractivity contribution < 1.29 is 14.3 Å². The lowest BCUT2D eigenvalue weighted by molar-refractivity contribution is -0.159. The molecule has 4 unspecified atom stereocenters. The zero-order valence-electron chi connectivity index (χ0n) is 15.1. The van der Waals surface area contributed by atoms with Crippen molar-refractivity contribution in [2.75, 3.05) is 19.6 Å². The largest absolute Gasteiger partial charge is 0.372 e. The summed E-state index contributed by atoms with van der Waals surface area (Å²) in [5.74, 6) is -0.654. The molecule has 2 bridgehead atoms. The van der Waals surface area contributed by atoms with Crippen molar-refractivity contribution in [1.29, 1.82) is 0 Å². The van der Waals surface area contributed by atoms with E-state index in [0.29, 0.717) is 13.1 Å². The van der Waals surface area contributed by atoms with Crippen LogP contribution in [0.2, 0.25) is 0 Å². The van der Waals surface area contributed by atoms with Crippen LogP contribution >= 0.6 is 0 Å². The van der Waals surface area contributed by atoms with Gasteiger partial charge >= 0.3 is 11.8 Å². The van der Waals surface area contributed by atoms with Gasteiger partial charge in [-0.2, -0.15) is 0 Å². The molecule has 0 spiro atoms. The van der Waals surface area contributed by atoms with Crippen molar-refractivity contribution in [3.8, 4) is 0 Å². The second kappa shape index (κ2) is 5.47. The maximum absolute atomic E-state index is 12.8. The summed E-state index contributed by atoms with van der Waals surface area (Å²) in [6.07, 6.45) is 3.14. The third-order valence-electron chi connectivity index (χ3n) is 5.57. The molecule has 0 aromatic carbocycles. The highest BCUT2D eigenvalue weighted by Crippen LogP contribution is 2.52. The van der Waals surface area contributed by atoms with Gasteiger partial charge in [-0.25, -0.2) is 0 Å². The monoisotopic (exact) mass is 322 g/mol. The lowest BCUT2D eigenvalue weighted by Crippen LogP contribution is -2.54. The van der Waals surface area contributed by atoms with Gasteiger partial charge in [-0.05, 0) is 43.9 Å². The molecule has 3 aliphatic rings. The Balaban J connectivity index is 1.72. The highest BCUT2D eigenvalue weighted by atomic mass is 16.5. The quantitative estimate of drug-likeness (QED) is 0.641. The zero-order chi connectivity index (χ0) is 17.0. The smallest absolute Gasteiger partial charge is 0.312 e. The fourth-order valence-corrected chi connectivity index (χ4v) is 5.30. The van der Waals surface area contributed by atoms with E-state index >= 15 is 0 Å². The predicted molar refractivity (Wildman–Crippen MR) is 87.8 cm³/mol. The maximum atomic E-state index is 12.8. The topological polar surface area (TPSA) is 49.9 Å². The Kier molecular flexibility index (Phi) is 3.98. The van der Waals surface area contributed by atoms with Gasteiger partial charge in [0.25, 0.3) is 0 Å². The average Bonchev–Trinajstić information content (AvgIpc) is 2.65. The number of carbonyl (C=O) groups excluding carboxylic acids is 2. The van der Waals surface area contributed by atoms with Crippen LogP contribution in [-0.4, -0.2) is 59.5 Å². The third kappa shape index (κ3) is 3.25. The van der Waals surface area contributed by atoms with E-state index in [4.69, 9.17) is 4.74 Å². The summed E-state index contributed by atoms with van der Waals surface area (Å²) in [5.41, 5.74) is 0.408. The molecule has 5 heteroatoms. The first-order valence-corrected chi connectivity index (χ1v) is 8.84. The summed E-state index contributed by atoms with van der Waals surface area (Å²) in [6, 6.07) is 0.219. The molecule has 2 aliphatic heterocycles. The number of amides is 2. The number of hydrogen-bond donors (Lipinski definition) is 0. The van der Waals surface area contributed by atoms with Crippen LogP contribution < -0.4 is 0 Å². The molecule has 3 rings (SSSR count). The number of morpholine rings is 1. The molecule has 23 heavy (non-hydrogen) atoms. The molecule has 0 aromatic heterocycles. The summed E-state index contributed by atoms with van der Waals surface area (Å²) in [7, 11) is 0. The van der Waals surface area contributed by atoms with Crippen LogP contribution in [0.4, 0.5) is 0 Å². The van der Waals surface area contributed by atoms with Gasteiger partial charge in [-0.3, -0.25) is 9.59 Å². The molecule has 130 valence electrons. The van der Waals surface area contributed by atoms with Crippen LogP contribution in [-0.2, 0) is 14.3 Å². The van der Waals surface area contributed by atoms with Crippen LogP contribution in [0.25, 0.3) is 0 Å². The van der Waals surface area contributed by atoms with Crippen LogP contribution in [0.5, 0.6) is 0 Å². The fourth-order valence-electron chi connectivity index (χ4n) is 5.30. The second-order valence-electron chi connectivity index (χ2n) is 9.11. The first-order valence-electron chi connectivity index (χ1n) is 8.84. The van der Waals surface area contributed by atoms with E-state index < -0.39 is 0 Å². The molecule has 4 atom stereocenters. The van der Waals surface area contributed by atoms with E-state index in [9.17, 15) is 9.59 Å². The molecule has 1 aliphatic carbocycles. The normalized spacial score (nSPS) is 39.4. The number of ether oxygens (including phenoxy) is 1. The zero-order valence-corrected chi connectivity index (χ0v) is 15.1. The Morgan fingerprint density at radius 1 is 1.00 bits per heavy atom. The van der Waals surface area contributed by atoms with Crippen molar-refractivity contribution in [3.63, 3.8) is 0 Å². The van der Waals surface area contributed by atoms with Gasteiger partial charge in [0.05, 0.1) is 12.2 Å². The maximum Gasteiger partial charge on any atom is 0.312 e. The molecular weight excluding hydrogens is 292 g/mol. The van der Waals surface area contributed by atoms with Crippen molar-refractivity contribution in [2.45, 2.75) is 72.1 Å². The first kappa shape index (κ1) is 16.7. The Morgan fingerprint density at radius 3 is 2.22 bits per heavy atom. The van der Waals surface area contributed by atoms with Crippen molar-refractivity contribution in [3.05, 3.63) is 0 Å².